The molecule has 0 amide bonds. The highest BCUT2D eigenvalue weighted by atomic mass is 35.5. The highest BCUT2D eigenvalue weighted by molar-refractivity contribution is 8.23. The van der Waals surface area contributed by atoms with Crippen molar-refractivity contribution in [2.45, 2.75) is 0 Å². The molecule has 0 radical (unpaired) electrons. The molecule has 1 aliphatic carbocycles. The Kier molecular flexibility index (Phi) is 10.7. The molecule has 0 saturated carbocycles. The van der Waals surface area contributed by atoms with Gasteiger partial charge in [-0.15, -0.1) is 0 Å². The maximum Gasteiger partial charge on any atom is 0.200 e. The van der Waals surface area contributed by atoms with Gasteiger partial charge in [0.1, 0.15) is 25.7 Å². The summed E-state index contributed by atoms with van der Waals surface area (Å²) < 4.78 is 7.68. The van der Waals surface area contributed by atoms with E-state index in [0.29, 0.717) is 22.3 Å². The van der Waals surface area contributed by atoms with Crippen LogP contribution in [0.2, 0.25) is 10.0 Å². The first-order chi connectivity index (χ1) is 19.5. The van der Waals surface area contributed by atoms with Crippen LogP contribution >= 0.6 is 71.2 Å². The third-order valence-corrected chi connectivity index (χ3v) is 10.3. The summed E-state index contributed by atoms with van der Waals surface area (Å²) in [5.41, 5.74) is 3.51. The van der Waals surface area contributed by atoms with E-state index in [1.165, 1.54) is 12.1 Å². The molecule has 0 spiro atoms. The molecule has 2 aromatic carbocycles. The molecule has 0 fully saturated rings. The quantitative estimate of drug-likeness (QED) is 0.151. The second kappa shape index (κ2) is 13.8. The van der Waals surface area contributed by atoms with E-state index in [0.717, 1.165) is 50.1 Å². The number of thioether (sulfide) groups is 2. The summed E-state index contributed by atoms with van der Waals surface area (Å²) in [6.45, 7) is 1.61. The lowest BCUT2D eigenvalue weighted by molar-refractivity contribution is 0.474. The van der Waals surface area contributed by atoms with Gasteiger partial charge in [-0.25, -0.2) is 0 Å². The molecule has 2 aromatic rings. The normalized spacial score (nSPS) is 11.2. The molecule has 1 aliphatic heterocycles. The van der Waals surface area contributed by atoms with Gasteiger partial charge in [0.25, 0.3) is 0 Å². The Morgan fingerprint density at radius 1 is 0.878 bits per heavy atom. The molecule has 1 heterocycles. The zero-order valence-electron chi connectivity index (χ0n) is 22.9. The summed E-state index contributed by atoms with van der Waals surface area (Å²) >= 11 is 26.8. The Balaban J connectivity index is 1.71. The minimum atomic E-state index is -0.337. The van der Waals surface area contributed by atoms with Crippen molar-refractivity contribution in [2.24, 2.45) is 0 Å². The lowest BCUT2D eigenvalue weighted by Gasteiger charge is -2.26. The van der Waals surface area contributed by atoms with E-state index in [4.69, 9.17) is 52.1 Å². The van der Waals surface area contributed by atoms with Gasteiger partial charge in [0.05, 0.1) is 10.0 Å². The van der Waals surface area contributed by atoms with E-state index in [1.807, 2.05) is 50.1 Å². The van der Waals surface area contributed by atoms with Crippen LogP contribution in [0.5, 0.6) is 5.75 Å². The Bertz CT molecular complexity index is 1580. The number of fused-ring (bicyclic) bond motifs is 2. The van der Waals surface area contributed by atoms with Crippen molar-refractivity contribution in [1.82, 2.24) is 9.80 Å². The third-order valence-electron chi connectivity index (χ3n) is 6.27. The molecular weight excluding hydrogens is 638 g/mol. The van der Waals surface area contributed by atoms with Crippen molar-refractivity contribution in [1.29, 1.82) is 0 Å². The first kappa shape index (κ1) is 31.7. The average Bonchev–Trinajstić information content (AvgIpc) is 2.92. The fraction of sp³-hybridized carbons (Fsp3) is 0.276. The smallest absolute Gasteiger partial charge is 0.200 e. The molecule has 0 aromatic heterocycles. The average molecular weight is 667 g/mol. The number of phenols is 1. The highest BCUT2D eigenvalue weighted by Crippen LogP contribution is 2.43. The molecular formula is C29H29Cl2N3O3S4. The van der Waals surface area contributed by atoms with Gasteiger partial charge in [-0.2, -0.15) is 0 Å². The van der Waals surface area contributed by atoms with Gasteiger partial charge >= 0.3 is 0 Å². The molecule has 6 nitrogen and oxygen atoms in total. The van der Waals surface area contributed by atoms with Gasteiger partial charge in [-0.05, 0) is 29.8 Å². The first-order valence-corrected chi connectivity index (χ1v) is 16.1. The number of phenolic OH excluding ortho intramolecular Hbond substituents is 1. The second-order valence-electron chi connectivity index (χ2n) is 9.61. The molecule has 41 heavy (non-hydrogen) atoms. The summed E-state index contributed by atoms with van der Waals surface area (Å²) in [5.74, 6) is 1.95. The molecule has 0 saturated heterocycles. The SMILES string of the molecule is CN(C)C(=S)SCCN(CCSC(=S)N(C)C)c1ccc(-c2c3cc(Cl)c(=O)cc-3oc3cc(O)c(Cl)cc23)cc1. The van der Waals surface area contributed by atoms with Gasteiger partial charge in [0.2, 0.25) is 5.43 Å². The third kappa shape index (κ3) is 7.60. The fourth-order valence-electron chi connectivity index (χ4n) is 4.16. The van der Waals surface area contributed by atoms with E-state index in [9.17, 15) is 9.90 Å². The topological polar surface area (TPSA) is 60.2 Å². The number of anilines is 1. The Hall–Kier alpha value is -2.21. The fourth-order valence-corrected chi connectivity index (χ4v) is 6.48. The summed E-state index contributed by atoms with van der Waals surface area (Å²) in [5, 5.41) is 11.2. The molecule has 4 rings (SSSR count). The predicted molar refractivity (Wildman–Crippen MR) is 186 cm³/mol. The largest absolute Gasteiger partial charge is 0.506 e. The van der Waals surface area contributed by atoms with Crippen molar-refractivity contribution in [2.75, 3.05) is 57.7 Å². The van der Waals surface area contributed by atoms with Gasteiger partial charge in [0.15, 0.2) is 0 Å². The number of benzene rings is 3. The maximum absolute atomic E-state index is 12.3. The monoisotopic (exact) mass is 665 g/mol. The van der Waals surface area contributed by atoms with Gasteiger partial charge in [0, 0.05) is 87.1 Å². The number of nitrogens with zero attached hydrogens (tertiary/aromatic N) is 3. The Labute approximate surface area is 268 Å². The molecule has 0 unspecified atom stereocenters. The number of hydrogen-bond donors (Lipinski definition) is 1. The Morgan fingerprint density at radius 2 is 1.46 bits per heavy atom. The number of hydrogen-bond acceptors (Lipinski definition) is 8. The van der Waals surface area contributed by atoms with Crippen molar-refractivity contribution in [3.05, 3.63) is 68.8 Å². The zero-order valence-corrected chi connectivity index (χ0v) is 27.7. The van der Waals surface area contributed by atoms with Crippen molar-refractivity contribution in [3.8, 4) is 28.2 Å². The Morgan fingerprint density at radius 3 is 2.02 bits per heavy atom. The summed E-state index contributed by atoms with van der Waals surface area (Å²) in [7, 11) is 7.81. The lowest BCUT2D eigenvalue weighted by Crippen LogP contribution is -2.30. The number of thiocarbonyl (C=S) groups is 2. The first-order valence-electron chi connectivity index (χ1n) is 12.6. The summed E-state index contributed by atoms with van der Waals surface area (Å²) in [6, 6.07) is 14.3. The number of rotatable bonds is 8. The minimum absolute atomic E-state index is 0.0993. The standard InChI is InChI=1S/C29H29Cl2N3O3S4/c1-32(2)28(38)40-11-9-34(10-12-41-29(39)33(3)4)18-7-5-17(6-8-18)27-19-13-21(30)23(35)15-25(19)37-26-16-24(36)22(31)14-20(26)27/h5-8,13-16,35H,9-12H2,1-4H3. The molecule has 216 valence electrons. The van der Waals surface area contributed by atoms with Gasteiger partial charge in [-0.3, -0.25) is 4.79 Å². The molecule has 0 atom stereocenters. The lowest BCUT2D eigenvalue weighted by atomic mass is 9.93. The number of halogens is 2. The summed E-state index contributed by atoms with van der Waals surface area (Å²) in [4.78, 5) is 18.5. The predicted octanol–water partition coefficient (Wildman–Crippen LogP) is 7.54. The van der Waals surface area contributed by atoms with E-state index in [1.54, 1.807) is 35.7 Å². The van der Waals surface area contributed by atoms with E-state index in [2.05, 4.69) is 17.0 Å². The van der Waals surface area contributed by atoms with Crippen LogP contribution in [-0.2, 0) is 0 Å². The molecule has 12 heteroatoms. The van der Waals surface area contributed by atoms with Crippen LogP contribution < -0.4 is 10.3 Å². The van der Waals surface area contributed by atoms with E-state index >= 15 is 0 Å². The van der Waals surface area contributed by atoms with Crippen molar-refractivity contribution in [3.63, 3.8) is 0 Å². The highest BCUT2D eigenvalue weighted by Gasteiger charge is 2.21. The van der Waals surface area contributed by atoms with Crippen LogP contribution in [0.15, 0.2) is 57.7 Å². The van der Waals surface area contributed by atoms with Crippen LogP contribution in [-0.4, -0.2) is 76.3 Å². The second-order valence-corrected chi connectivity index (χ2v) is 13.9. The zero-order chi connectivity index (χ0) is 29.8. The molecule has 1 N–H and O–H groups in total. The number of aromatic hydroxyl groups is 1. The minimum Gasteiger partial charge on any atom is -0.506 e. The van der Waals surface area contributed by atoms with Gasteiger partial charge < -0.3 is 24.2 Å². The van der Waals surface area contributed by atoms with Crippen LogP contribution in [0, 0.1) is 0 Å². The summed E-state index contributed by atoms with van der Waals surface area (Å²) in [6.07, 6.45) is 0. The van der Waals surface area contributed by atoms with Crippen LogP contribution in [0.25, 0.3) is 33.4 Å². The van der Waals surface area contributed by atoms with Crippen molar-refractivity contribution < 1.29 is 9.52 Å². The van der Waals surface area contributed by atoms with E-state index in [-0.39, 0.29) is 21.2 Å². The van der Waals surface area contributed by atoms with Crippen LogP contribution in [0.3, 0.4) is 0 Å². The van der Waals surface area contributed by atoms with Crippen molar-refractivity contribution >= 4 is 96.5 Å². The van der Waals surface area contributed by atoms with Gasteiger partial charge in [-0.1, -0.05) is 83.3 Å². The van der Waals surface area contributed by atoms with Crippen LogP contribution in [0.1, 0.15) is 0 Å². The molecule has 2 aliphatic rings. The molecule has 0 bridgehead atoms. The maximum atomic E-state index is 12.3. The van der Waals surface area contributed by atoms with E-state index < -0.39 is 0 Å². The van der Waals surface area contributed by atoms with Crippen LogP contribution in [0.4, 0.5) is 5.69 Å².